The summed E-state index contributed by atoms with van der Waals surface area (Å²) in [7, 11) is -4.39. The molecule has 0 aromatic carbocycles. The first-order valence-corrected chi connectivity index (χ1v) is 5.86. The Bertz CT molecular complexity index is 343. The number of thiophene rings is 1. The van der Waals surface area contributed by atoms with Gasteiger partial charge in [-0.3, -0.25) is 0 Å². The van der Waals surface area contributed by atoms with Gasteiger partial charge in [-0.15, -0.1) is 15.2 Å². The molecule has 0 saturated heterocycles. The Morgan fingerprint density at radius 1 is 1.64 bits per heavy atom. The van der Waals surface area contributed by atoms with Crippen LogP contribution < -0.4 is 0 Å². The highest BCUT2D eigenvalue weighted by molar-refractivity contribution is 9.11. The Morgan fingerprint density at radius 3 is 2.64 bits per heavy atom. The van der Waals surface area contributed by atoms with E-state index in [9.17, 15) is 12.3 Å². The maximum absolute atomic E-state index is 12.1. The van der Waals surface area contributed by atoms with Gasteiger partial charge in [0.05, 0.1) is 3.79 Å². The fourth-order valence-corrected chi connectivity index (χ4v) is 2.74. The molecule has 0 amide bonds. The molecular formula is C5H4BrFO2S2. The molecule has 62 valence electrons. The van der Waals surface area contributed by atoms with Crippen LogP contribution in [-0.2, 0) is 16.0 Å². The van der Waals surface area contributed by atoms with Crippen LogP contribution >= 0.6 is 27.3 Å². The average molecular weight is 259 g/mol. The molecule has 11 heavy (non-hydrogen) atoms. The van der Waals surface area contributed by atoms with Crippen LogP contribution in [-0.4, -0.2) is 8.42 Å². The van der Waals surface area contributed by atoms with Crippen LogP contribution in [0.4, 0.5) is 3.89 Å². The first kappa shape index (κ1) is 9.15. The normalized spacial score (nSPS) is 11.8. The summed E-state index contributed by atoms with van der Waals surface area (Å²) >= 11 is 4.44. The third-order valence-electron chi connectivity index (χ3n) is 1.02. The Labute approximate surface area is 76.4 Å². The van der Waals surface area contributed by atoms with E-state index in [2.05, 4.69) is 15.9 Å². The predicted octanol–water partition coefficient (Wildman–Crippen LogP) is 2.31. The Balaban J connectivity index is 2.89. The van der Waals surface area contributed by atoms with Gasteiger partial charge in [0.1, 0.15) is 5.75 Å². The molecule has 1 heterocycles. The summed E-state index contributed by atoms with van der Waals surface area (Å²) in [5.41, 5.74) is 0.470. The van der Waals surface area contributed by atoms with Crippen LogP contribution in [0, 0.1) is 0 Å². The zero-order valence-electron chi connectivity index (χ0n) is 5.25. The highest BCUT2D eigenvalue weighted by Crippen LogP contribution is 2.25. The maximum atomic E-state index is 12.1. The average Bonchev–Trinajstić information content (AvgIpc) is 2.12. The molecule has 1 aromatic heterocycles. The minimum absolute atomic E-state index is 0.470. The highest BCUT2D eigenvalue weighted by Gasteiger charge is 2.11. The smallest absolute Gasteiger partial charge is 0.194 e. The van der Waals surface area contributed by atoms with E-state index in [1.54, 1.807) is 11.4 Å². The van der Waals surface area contributed by atoms with Gasteiger partial charge in [0.25, 0.3) is 0 Å². The van der Waals surface area contributed by atoms with Gasteiger partial charge in [-0.05, 0) is 32.9 Å². The topological polar surface area (TPSA) is 34.1 Å². The van der Waals surface area contributed by atoms with Crippen molar-refractivity contribution in [3.63, 3.8) is 0 Å². The summed E-state index contributed by atoms with van der Waals surface area (Å²) in [6.45, 7) is 0. The van der Waals surface area contributed by atoms with Crippen LogP contribution in [0.2, 0.25) is 0 Å². The van der Waals surface area contributed by atoms with Gasteiger partial charge in [-0.1, -0.05) is 0 Å². The molecule has 0 fully saturated rings. The lowest BCUT2D eigenvalue weighted by Gasteiger charge is -1.91. The number of halogens is 2. The van der Waals surface area contributed by atoms with Gasteiger partial charge in [0.15, 0.2) is 0 Å². The second-order valence-corrected chi connectivity index (χ2v) is 5.50. The highest BCUT2D eigenvalue weighted by atomic mass is 79.9. The van der Waals surface area contributed by atoms with Gasteiger partial charge in [0, 0.05) is 0 Å². The van der Waals surface area contributed by atoms with Crippen LogP contribution in [0.1, 0.15) is 5.56 Å². The van der Waals surface area contributed by atoms with E-state index in [-0.39, 0.29) is 0 Å². The molecule has 1 aromatic rings. The van der Waals surface area contributed by atoms with Crippen molar-refractivity contribution in [3.8, 4) is 0 Å². The monoisotopic (exact) mass is 258 g/mol. The van der Waals surface area contributed by atoms with Crippen molar-refractivity contribution in [1.29, 1.82) is 0 Å². The second kappa shape index (κ2) is 3.20. The van der Waals surface area contributed by atoms with Crippen LogP contribution in [0.3, 0.4) is 0 Å². The Morgan fingerprint density at radius 2 is 2.27 bits per heavy atom. The Hall–Kier alpha value is 0.0600. The minimum atomic E-state index is -4.39. The molecule has 0 bridgehead atoms. The van der Waals surface area contributed by atoms with Gasteiger partial charge < -0.3 is 0 Å². The molecule has 6 heteroatoms. The Kier molecular flexibility index (Phi) is 2.66. The lowest BCUT2D eigenvalue weighted by atomic mass is 10.4. The third kappa shape index (κ3) is 2.88. The molecule has 0 unspecified atom stereocenters. The van der Waals surface area contributed by atoms with Gasteiger partial charge >= 0.3 is 10.2 Å². The first-order valence-electron chi connectivity index (χ1n) is 2.63. The largest absolute Gasteiger partial charge is 0.306 e. The predicted molar refractivity (Wildman–Crippen MR) is 45.8 cm³/mol. The molecule has 1 rings (SSSR count). The summed E-state index contributed by atoms with van der Waals surface area (Å²) in [5, 5.41) is 1.70. The molecule has 0 aliphatic heterocycles. The summed E-state index contributed by atoms with van der Waals surface area (Å²) in [6.07, 6.45) is 0. The van der Waals surface area contributed by atoms with Gasteiger partial charge in [0.2, 0.25) is 0 Å². The quantitative estimate of drug-likeness (QED) is 0.764. The zero-order valence-corrected chi connectivity index (χ0v) is 8.47. The van der Waals surface area contributed by atoms with Crippen molar-refractivity contribution in [1.82, 2.24) is 0 Å². The van der Waals surface area contributed by atoms with Crippen molar-refractivity contribution in [2.45, 2.75) is 5.75 Å². The van der Waals surface area contributed by atoms with Crippen molar-refractivity contribution >= 4 is 37.5 Å². The van der Waals surface area contributed by atoms with E-state index >= 15 is 0 Å². The van der Waals surface area contributed by atoms with E-state index in [4.69, 9.17) is 0 Å². The maximum Gasteiger partial charge on any atom is 0.306 e. The zero-order chi connectivity index (χ0) is 8.48. The van der Waals surface area contributed by atoms with E-state index in [0.717, 1.165) is 0 Å². The molecule has 0 N–H and O–H groups in total. The second-order valence-electron chi connectivity index (χ2n) is 1.90. The van der Waals surface area contributed by atoms with Crippen molar-refractivity contribution in [3.05, 3.63) is 20.8 Å². The van der Waals surface area contributed by atoms with E-state index in [0.29, 0.717) is 9.35 Å². The third-order valence-corrected chi connectivity index (χ3v) is 3.49. The van der Waals surface area contributed by atoms with Crippen LogP contribution in [0.5, 0.6) is 0 Å². The minimum Gasteiger partial charge on any atom is -0.194 e. The lowest BCUT2D eigenvalue weighted by molar-refractivity contribution is 0.551. The molecule has 0 spiro atoms. The summed E-state index contributed by atoms with van der Waals surface area (Å²) in [4.78, 5) is 0. The van der Waals surface area contributed by atoms with E-state index in [1.165, 1.54) is 11.3 Å². The molecular weight excluding hydrogens is 255 g/mol. The molecule has 2 nitrogen and oxygen atoms in total. The van der Waals surface area contributed by atoms with Crippen LogP contribution in [0.15, 0.2) is 15.2 Å². The molecule has 0 aliphatic carbocycles. The van der Waals surface area contributed by atoms with Crippen molar-refractivity contribution in [2.24, 2.45) is 0 Å². The van der Waals surface area contributed by atoms with Crippen molar-refractivity contribution < 1.29 is 12.3 Å². The molecule has 0 atom stereocenters. The number of hydrogen-bond donors (Lipinski definition) is 0. The van der Waals surface area contributed by atoms with Gasteiger partial charge in [-0.25, -0.2) is 0 Å². The molecule has 0 saturated carbocycles. The molecule has 0 radical (unpaired) electrons. The fourth-order valence-electron chi connectivity index (χ4n) is 0.608. The number of hydrogen-bond acceptors (Lipinski definition) is 3. The summed E-state index contributed by atoms with van der Waals surface area (Å²) in [6, 6.07) is 1.58. The summed E-state index contributed by atoms with van der Waals surface area (Å²) < 4.78 is 33.1. The summed E-state index contributed by atoms with van der Waals surface area (Å²) in [5.74, 6) is -0.545. The van der Waals surface area contributed by atoms with Gasteiger partial charge in [-0.2, -0.15) is 8.42 Å². The van der Waals surface area contributed by atoms with E-state index < -0.39 is 16.0 Å². The first-order chi connectivity index (χ1) is 4.99. The number of rotatable bonds is 2. The molecule has 0 aliphatic rings. The SMILES string of the molecule is O=S(=O)(F)Cc1ccsc1Br. The van der Waals surface area contributed by atoms with Crippen LogP contribution in [0.25, 0.3) is 0 Å². The lowest BCUT2D eigenvalue weighted by Crippen LogP contribution is -1.94. The standard InChI is InChI=1S/C5H4BrFO2S2/c6-5-4(1-2-10-5)3-11(7,8)9/h1-2H,3H2. The fraction of sp³-hybridized carbons (Fsp3) is 0.200. The van der Waals surface area contributed by atoms with E-state index in [1.807, 2.05) is 0 Å². The van der Waals surface area contributed by atoms with Crippen molar-refractivity contribution in [2.75, 3.05) is 0 Å².